The van der Waals surface area contributed by atoms with Gasteiger partial charge in [0.15, 0.2) is 0 Å². The van der Waals surface area contributed by atoms with Gasteiger partial charge in [-0.1, -0.05) is 0 Å². The van der Waals surface area contributed by atoms with Crippen molar-refractivity contribution in [2.45, 2.75) is 18.4 Å². The van der Waals surface area contributed by atoms with Crippen molar-refractivity contribution in [1.82, 2.24) is 5.32 Å². The monoisotopic (exact) mass is 250 g/mol. The molecule has 0 aromatic heterocycles. The molecule has 4 N–H and O–H groups in total. The Morgan fingerprint density at radius 1 is 1.33 bits per heavy atom. The van der Waals surface area contributed by atoms with Crippen LogP contribution in [0.2, 0.25) is 0 Å². The van der Waals surface area contributed by atoms with Crippen molar-refractivity contribution in [3.8, 4) is 0 Å². The van der Waals surface area contributed by atoms with Gasteiger partial charge < -0.3 is 20.9 Å². The van der Waals surface area contributed by atoms with Gasteiger partial charge in [0.05, 0.1) is 5.60 Å². The summed E-state index contributed by atoms with van der Waals surface area (Å²) in [6.07, 6.45) is 1.10. The Kier molecular flexibility index (Phi) is 3.84. The maximum atomic E-state index is 11.8. The van der Waals surface area contributed by atoms with Crippen molar-refractivity contribution in [2.75, 3.05) is 25.5 Å². The zero-order valence-electron chi connectivity index (χ0n) is 10.2. The number of nitrogens with two attached hydrogens (primary N) is 1. The van der Waals surface area contributed by atoms with E-state index in [2.05, 4.69) is 5.32 Å². The summed E-state index contributed by atoms with van der Waals surface area (Å²) in [6.45, 7) is 1.32. The number of anilines is 1. The first-order chi connectivity index (χ1) is 8.59. The molecule has 1 heterocycles. The van der Waals surface area contributed by atoms with Crippen LogP contribution < -0.4 is 11.1 Å². The molecule has 5 nitrogen and oxygen atoms in total. The van der Waals surface area contributed by atoms with Gasteiger partial charge in [-0.25, -0.2) is 0 Å². The summed E-state index contributed by atoms with van der Waals surface area (Å²) in [5.41, 5.74) is 5.87. The minimum absolute atomic E-state index is 0.199. The molecule has 1 aliphatic rings. The van der Waals surface area contributed by atoms with Gasteiger partial charge >= 0.3 is 0 Å². The molecule has 1 aromatic carbocycles. The molecular weight excluding hydrogens is 232 g/mol. The molecule has 1 aromatic rings. The molecule has 0 atom stereocenters. The summed E-state index contributed by atoms with van der Waals surface area (Å²) in [4.78, 5) is 11.8. The molecule has 0 saturated carbocycles. The number of carbonyl (C=O) groups is 1. The third-order valence-electron chi connectivity index (χ3n) is 3.17. The van der Waals surface area contributed by atoms with E-state index in [0.29, 0.717) is 37.3 Å². The fourth-order valence-corrected chi connectivity index (χ4v) is 1.91. The number of aliphatic hydroxyl groups is 1. The van der Waals surface area contributed by atoms with Crippen molar-refractivity contribution in [2.24, 2.45) is 0 Å². The maximum Gasteiger partial charge on any atom is 0.251 e. The van der Waals surface area contributed by atoms with Gasteiger partial charge in [-0.2, -0.15) is 0 Å². The Bertz CT molecular complexity index is 411. The van der Waals surface area contributed by atoms with Gasteiger partial charge in [-0.15, -0.1) is 0 Å². The Morgan fingerprint density at radius 3 is 2.56 bits per heavy atom. The molecule has 98 valence electrons. The fourth-order valence-electron chi connectivity index (χ4n) is 1.91. The van der Waals surface area contributed by atoms with E-state index in [1.165, 1.54) is 0 Å². The molecule has 0 bridgehead atoms. The van der Waals surface area contributed by atoms with Gasteiger partial charge in [0, 0.05) is 43.9 Å². The van der Waals surface area contributed by atoms with E-state index >= 15 is 0 Å². The third-order valence-corrected chi connectivity index (χ3v) is 3.17. The second kappa shape index (κ2) is 5.37. The molecule has 0 radical (unpaired) electrons. The highest BCUT2D eigenvalue weighted by atomic mass is 16.5. The van der Waals surface area contributed by atoms with Crippen LogP contribution in [0.1, 0.15) is 23.2 Å². The van der Waals surface area contributed by atoms with Crippen LogP contribution in [0.3, 0.4) is 0 Å². The van der Waals surface area contributed by atoms with E-state index < -0.39 is 5.60 Å². The Balaban J connectivity index is 1.89. The lowest BCUT2D eigenvalue weighted by molar-refractivity contribution is -0.0605. The van der Waals surface area contributed by atoms with E-state index in [0.717, 1.165) is 0 Å². The summed E-state index contributed by atoms with van der Waals surface area (Å²) in [7, 11) is 0. The van der Waals surface area contributed by atoms with Crippen molar-refractivity contribution in [1.29, 1.82) is 0 Å². The van der Waals surface area contributed by atoms with E-state index in [1.54, 1.807) is 24.3 Å². The molecule has 0 aliphatic carbocycles. The van der Waals surface area contributed by atoms with Crippen LogP contribution in [0.25, 0.3) is 0 Å². The van der Waals surface area contributed by atoms with Crippen molar-refractivity contribution < 1.29 is 14.6 Å². The Morgan fingerprint density at radius 2 is 1.94 bits per heavy atom. The predicted molar refractivity (Wildman–Crippen MR) is 68.2 cm³/mol. The quantitative estimate of drug-likeness (QED) is 0.684. The number of amides is 1. The average Bonchev–Trinajstić information content (AvgIpc) is 2.38. The van der Waals surface area contributed by atoms with Crippen LogP contribution in [0.4, 0.5) is 5.69 Å². The lowest BCUT2D eigenvalue weighted by atomic mass is 9.94. The fraction of sp³-hybridized carbons (Fsp3) is 0.462. The zero-order valence-corrected chi connectivity index (χ0v) is 10.2. The Hall–Kier alpha value is -1.59. The normalized spacial score (nSPS) is 18.3. The van der Waals surface area contributed by atoms with Crippen molar-refractivity contribution >= 4 is 11.6 Å². The van der Waals surface area contributed by atoms with Crippen LogP contribution in [-0.4, -0.2) is 36.4 Å². The van der Waals surface area contributed by atoms with Gasteiger partial charge in [-0.3, -0.25) is 4.79 Å². The number of ether oxygens (including phenoxy) is 1. The summed E-state index contributed by atoms with van der Waals surface area (Å²) >= 11 is 0. The molecular formula is C13H18N2O3. The highest BCUT2D eigenvalue weighted by molar-refractivity contribution is 5.94. The van der Waals surface area contributed by atoms with E-state index in [-0.39, 0.29) is 12.5 Å². The molecule has 1 aliphatic heterocycles. The number of hydrogen-bond donors (Lipinski definition) is 3. The van der Waals surface area contributed by atoms with E-state index in [1.807, 2.05) is 0 Å². The molecule has 0 spiro atoms. The van der Waals surface area contributed by atoms with Gasteiger partial charge in [0.25, 0.3) is 5.91 Å². The maximum absolute atomic E-state index is 11.8. The van der Waals surface area contributed by atoms with Crippen LogP contribution in [0, 0.1) is 0 Å². The summed E-state index contributed by atoms with van der Waals surface area (Å²) in [6, 6.07) is 6.69. The number of nitrogen functional groups attached to an aromatic ring is 1. The Labute approximate surface area is 106 Å². The first-order valence-electron chi connectivity index (χ1n) is 6.03. The molecule has 1 amide bonds. The van der Waals surface area contributed by atoms with E-state index in [9.17, 15) is 9.90 Å². The molecule has 18 heavy (non-hydrogen) atoms. The standard InChI is InChI=1S/C13H18N2O3/c14-11-3-1-10(2-4-11)12(16)15-9-13(17)5-7-18-8-6-13/h1-4,17H,5-9,14H2,(H,15,16). The molecule has 0 unspecified atom stereocenters. The number of hydrogen-bond acceptors (Lipinski definition) is 4. The van der Waals surface area contributed by atoms with Crippen LogP contribution in [0.5, 0.6) is 0 Å². The second-order valence-electron chi connectivity index (χ2n) is 4.64. The first-order valence-corrected chi connectivity index (χ1v) is 6.03. The second-order valence-corrected chi connectivity index (χ2v) is 4.64. The predicted octanol–water partition coefficient (Wildman–Crippen LogP) is 0.540. The lowest BCUT2D eigenvalue weighted by Crippen LogP contribution is -2.46. The first kappa shape index (κ1) is 12.9. The highest BCUT2D eigenvalue weighted by Gasteiger charge is 2.30. The molecule has 1 saturated heterocycles. The topological polar surface area (TPSA) is 84.6 Å². The van der Waals surface area contributed by atoms with Crippen molar-refractivity contribution in [3.63, 3.8) is 0 Å². The number of carbonyl (C=O) groups excluding carboxylic acids is 1. The minimum Gasteiger partial charge on any atom is -0.399 e. The average molecular weight is 250 g/mol. The molecule has 5 heteroatoms. The largest absolute Gasteiger partial charge is 0.399 e. The lowest BCUT2D eigenvalue weighted by Gasteiger charge is -2.32. The number of benzene rings is 1. The zero-order chi connectivity index (χ0) is 13.0. The highest BCUT2D eigenvalue weighted by Crippen LogP contribution is 2.19. The van der Waals surface area contributed by atoms with Crippen molar-refractivity contribution in [3.05, 3.63) is 29.8 Å². The molecule has 1 fully saturated rings. The van der Waals surface area contributed by atoms with E-state index in [4.69, 9.17) is 10.5 Å². The van der Waals surface area contributed by atoms with Crippen LogP contribution >= 0.6 is 0 Å². The van der Waals surface area contributed by atoms with Crippen LogP contribution in [-0.2, 0) is 4.74 Å². The van der Waals surface area contributed by atoms with Gasteiger partial charge in [-0.05, 0) is 24.3 Å². The summed E-state index contributed by atoms with van der Waals surface area (Å²) in [5.74, 6) is -0.199. The van der Waals surface area contributed by atoms with Gasteiger partial charge in [0.2, 0.25) is 0 Å². The summed E-state index contributed by atoms with van der Waals surface area (Å²) in [5, 5.41) is 12.9. The number of nitrogens with one attached hydrogen (secondary N) is 1. The third kappa shape index (κ3) is 3.21. The minimum atomic E-state index is -0.846. The SMILES string of the molecule is Nc1ccc(C(=O)NCC2(O)CCOCC2)cc1. The number of rotatable bonds is 3. The smallest absolute Gasteiger partial charge is 0.251 e. The summed E-state index contributed by atoms with van der Waals surface area (Å²) < 4.78 is 5.18. The van der Waals surface area contributed by atoms with Crippen LogP contribution in [0.15, 0.2) is 24.3 Å². The molecule has 2 rings (SSSR count). The van der Waals surface area contributed by atoms with Gasteiger partial charge in [0.1, 0.15) is 0 Å².